The number of aliphatic hydroxyl groups excluding tert-OH is 1. The van der Waals surface area contributed by atoms with Gasteiger partial charge in [-0.25, -0.2) is 0 Å². The number of rotatable bonds is 4. The molecule has 0 fully saturated rings. The minimum absolute atomic E-state index is 0.00551. The largest absolute Gasteiger partial charge is 0.395 e. The molecular formula is C9H14N4O3. The zero-order chi connectivity index (χ0) is 12.3. The molecule has 0 unspecified atom stereocenters. The van der Waals surface area contributed by atoms with E-state index in [0.29, 0.717) is 0 Å². The van der Waals surface area contributed by atoms with Crippen LogP contribution in [0.5, 0.6) is 0 Å². The van der Waals surface area contributed by atoms with Gasteiger partial charge < -0.3 is 15.7 Å². The molecule has 0 saturated heterocycles. The van der Waals surface area contributed by atoms with Crippen LogP contribution in [0.15, 0.2) is 6.20 Å². The number of carbonyl (C=O) groups is 2. The lowest BCUT2D eigenvalue weighted by Gasteiger charge is -2.14. The van der Waals surface area contributed by atoms with Crippen molar-refractivity contribution in [3.8, 4) is 0 Å². The van der Waals surface area contributed by atoms with Crippen LogP contribution in [0.2, 0.25) is 0 Å². The van der Waals surface area contributed by atoms with Crippen molar-refractivity contribution in [3.63, 3.8) is 0 Å². The number of aromatic nitrogens is 2. The molecule has 0 spiro atoms. The number of aryl methyl sites for hydroxylation is 1. The van der Waals surface area contributed by atoms with Crippen LogP contribution >= 0.6 is 0 Å². The van der Waals surface area contributed by atoms with Gasteiger partial charge in [0, 0.05) is 26.8 Å². The van der Waals surface area contributed by atoms with Crippen LogP contribution in [0, 0.1) is 0 Å². The summed E-state index contributed by atoms with van der Waals surface area (Å²) in [7, 11) is 3.10. The van der Waals surface area contributed by atoms with E-state index in [2.05, 4.69) is 5.10 Å². The average molecular weight is 226 g/mol. The second kappa shape index (κ2) is 4.75. The fourth-order valence-corrected chi connectivity index (χ4v) is 1.26. The number of aliphatic hydroxyl groups is 1. The van der Waals surface area contributed by atoms with Crippen molar-refractivity contribution in [1.82, 2.24) is 14.7 Å². The molecule has 1 aromatic heterocycles. The number of hydrogen-bond donors (Lipinski definition) is 2. The first-order chi connectivity index (χ1) is 7.47. The molecule has 0 aromatic carbocycles. The summed E-state index contributed by atoms with van der Waals surface area (Å²) in [5.74, 6) is -1.14. The smallest absolute Gasteiger partial charge is 0.275 e. The van der Waals surface area contributed by atoms with Gasteiger partial charge in [-0.15, -0.1) is 0 Å². The maximum absolute atomic E-state index is 11.8. The molecule has 0 radical (unpaired) electrons. The Morgan fingerprint density at radius 2 is 2.25 bits per heavy atom. The quantitative estimate of drug-likeness (QED) is 0.658. The van der Waals surface area contributed by atoms with Gasteiger partial charge in [-0.05, 0) is 0 Å². The third-order valence-corrected chi connectivity index (χ3v) is 2.08. The molecule has 0 bridgehead atoms. The van der Waals surface area contributed by atoms with Crippen LogP contribution in [-0.2, 0) is 7.05 Å². The summed E-state index contributed by atoms with van der Waals surface area (Å²) in [5, 5.41) is 12.6. The Labute approximate surface area is 92.4 Å². The van der Waals surface area contributed by atoms with E-state index in [1.54, 1.807) is 7.05 Å². The molecule has 88 valence electrons. The Morgan fingerprint density at radius 3 is 2.75 bits per heavy atom. The first-order valence-electron chi connectivity index (χ1n) is 4.67. The van der Waals surface area contributed by atoms with E-state index in [9.17, 15) is 9.59 Å². The summed E-state index contributed by atoms with van der Waals surface area (Å²) >= 11 is 0. The molecule has 0 atom stereocenters. The minimum atomic E-state index is -0.700. The average Bonchev–Trinajstić information content (AvgIpc) is 2.59. The Balaban J connectivity index is 3.03. The van der Waals surface area contributed by atoms with E-state index in [4.69, 9.17) is 10.8 Å². The summed E-state index contributed by atoms with van der Waals surface area (Å²) in [6.45, 7) is 0.0224. The fraction of sp³-hybridized carbons (Fsp3) is 0.444. The van der Waals surface area contributed by atoms with Crippen molar-refractivity contribution < 1.29 is 14.7 Å². The summed E-state index contributed by atoms with van der Waals surface area (Å²) in [6, 6.07) is 0. The number of amides is 2. The van der Waals surface area contributed by atoms with E-state index in [0.717, 1.165) is 0 Å². The highest BCUT2D eigenvalue weighted by atomic mass is 16.3. The van der Waals surface area contributed by atoms with Gasteiger partial charge in [-0.1, -0.05) is 0 Å². The summed E-state index contributed by atoms with van der Waals surface area (Å²) in [6.07, 6.45) is 1.39. The molecule has 7 heteroatoms. The van der Waals surface area contributed by atoms with Crippen LogP contribution in [-0.4, -0.2) is 51.8 Å². The first kappa shape index (κ1) is 12.2. The minimum Gasteiger partial charge on any atom is -0.395 e. The van der Waals surface area contributed by atoms with Gasteiger partial charge in [0.05, 0.1) is 12.2 Å². The zero-order valence-electron chi connectivity index (χ0n) is 9.17. The van der Waals surface area contributed by atoms with E-state index in [1.807, 2.05) is 0 Å². The predicted octanol–water partition coefficient (Wildman–Crippen LogP) is -1.42. The Kier molecular flexibility index (Phi) is 3.62. The lowest BCUT2D eigenvalue weighted by molar-refractivity contribution is 0.0755. The molecule has 2 amide bonds. The maximum atomic E-state index is 11.8. The van der Waals surface area contributed by atoms with Crippen molar-refractivity contribution in [2.24, 2.45) is 12.8 Å². The van der Waals surface area contributed by atoms with Crippen LogP contribution in [0.4, 0.5) is 0 Å². The van der Waals surface area contributed by atoms with E-state index in [1.165, 1.54) is 22.8 Å². The number of hydrogen-bond acceptors (Lipinski definition) is 4. The summed E-state index contributed by atoms with van der Waals surface area (Å²) in [4.78, 5) is 24.1. The standard InChI is InChI=1S/C9H14N4O3/c1-12(3-4-14)9(16)7-6(8(10)15)5-13(2)11-7/h5,14H,3-4H2,1-2H3,(H2,10,15). The molecule has 3 N–H and O–H groups in total. The van der Waals surface area contributed by atoms with Gasteiger partial charge in [-0.2, -0.15) is 5.10 Å². The van der Waals surface area contributed by atoms with Crippen LogP contribution in [0.3, 0.4) is 0 Å². The molecule has 0 aliphatic carbocycles. The van der Waals surface area contributed by atoms with Crippen molar-refractivity contribution >= 4 is 11.8 Å². The lowest BCUT2D eigenvalue weighted by atomic mass is 10.2. The first-order valence-corrected chi connectivity index (χ1v) is 4.67. The molecule has 1 heterocycles. The third kappa shape index (κ3) is 2.37. The molecule has 0 aliphatic rings. The molecule has 0 aliphatic heterocycles. The topological polar surface area (TPSA) is 101 Å². The second-order valence-corrected chi connectivity index (χ2v) is 3.38. The second-order valence-electron chi connectivity index (χ2n) is 3.38. The Hall–Kier alpha value is -1.89. The zero-order valence-corrected chi connectivity index (χ0v) is 9.17. The van der Waals surface area contributed by atoms with Gasteiger partial charge in [0.1, 0.15) is 0 Å². The highest BCUT2D eigenvalue weighted by Gasteiger charge is 2.22. The van der Waals surface area contributed by atoms with Gasteiger partial charge in [0.15, 0.2) is 5.69 Å². The lowest BCUT2D eigenvalue weighted by Crippen LogP contribution is -2.31. The monoisotopic (exact) mass is 226 g/mol. The van der Waals surface area contributed by atoms with Gasteiger partial charge >= 0.3 is 0 Å². The Bertz CT molecular complexity index is 413. The molecular weight excluding hydrogens is 212 g/mol. The van der Waals surface area contributed by atoms with Gasteiger partial charge in [0.2, 0.25) is 0 Å². The highest BCUT2D eigenvalue weighted by Crippen LogP contribution is 2.08. The number of carbonyl (C=O) groups excluding carboxylic acids is 2. The number of likely N-dealkylation sites (N-methyl/N-ethyl adjacent to an activating group) is 1. The Morgan fingerprint density at radius 1 is 1.62 bits per heavy atom. The van der Waals surface area contributed by atoms with E-state index >= 15 is 0 Å². The van der Waals surface area contributed by atoms with Crippen molar-refractivity contribution in [2.75, 3.05) is 20.2 Å². The SMILES string of the molecule is CN(CCO)C(=O)c1nn(C)cc1C(N)=O. The van der Waals surface area contributed by atoms with Crippen LogP contribution in [0.1, 0.15) is 20.8 Å². The van der Waals surface area contributed by atoms with E-state index in [-0.39, 0.29) is 24.4 Å². The number of primary amides is 1. The highest BCUT2D eigenvalue weighted by molar-refractivity contribution is 6.05. The van der Waals surface area contributed by atoms with Crippen LogP contribution in [0.25, 0.3) is 0 Å². The molecule has 1 aromatic rings. The number of nitrogens with two attached hydrogens (primary N) is 1. The van der Waals surface area contributed by atoms with E-state index < -0.39 is 11.8 Å². The third-order valence-electron chi connectivity index (χ3n) is 2.08. The molecule has 16 heavy (non-hydrogen) atoms. The normalized spacial score (nSPS) is 10.2. The van der Waals surface area contributed by atoms with Crippen molar-refractivity contribution in [2.45, 2.75) is 0 Å². The predicted molar refractivity (Wildman–Crippen MR) is 55.8 cm³/mol. The van der Waals surface area contributed by atoms with Gasteiger partial charge in [-0.3, -0.25) is 14.3 Å². The summed E-state index contributed by atoms with van der Waals surface area (Å²) < 4.78 is 1.35. The maximum Gasteiger partial charge on any atom is 0.275 e. The number of nitrogens with zero attached hydrogens (tertiary/aromatic N) is 3. The fourth-order valence-electron chi connectivity index (χ4n) is 1.26. The van der Waals surface area contributed by atoms with Crippen molar-refractivity contribution in [3.05, 3.63) is 17.5 Å². The molecule has 1 rings (SSSR count). The molecule has 0 saturated carbocycles. The van der Waals surface area contributed by atoms with Crippen LogP contribution < -0.4 is 5.73 Å². The van der Waals surface area contributed by atoms with Gasteiger partial charge in [0.25, 0.3) is 11.8 Å². The molecule has 7 nitrogen and oxygen atoms in total. The summed E-state index contributed by atoms with van der Waals surface area (Å²) in [5.41, 5.74) is 5.21. The van der Waals surface area contributed by atoms with Crippen molar-refractivity contribution in [1.29, 1.82) is 0 Å².